The van der Waals surface area contributed by atoms with Crippen LogP contribution in [-0.2, 0) is 0 Å². The first kappa shape index (κ1) is 15.0. The highest BCUT2D eigenvalue weighted by Gasteiger charge is 2.13. The lowest BCUT2D eigenvalue weighted by Gasteiger charge is -1.99. The van der Waals surface area contributed by atoms with Gasteiger partial charge in [0.25, 0.3) is 0 Å². The molecule has 2 rings (SSSR count). The molecular formula is C16H16FNO3. The Bertz CT molecular complexity index is 722. The molecule has 4 nitrogen and oxygen atoms in total. The van der Waals surface area contributed by atoms with Crippen LogP contribution in [0.3, 0.4) is 0 Å². The van der Waals surface area contributed by atoms with Crippen LogP contribution in [0.5, 0.6) is 5.75 Å². The van der Waals surface area contributed by atoms with Gasteiger partial charge in [-0.25, -0.2) is 9.37 Å². The van der Waals surface area contributed by atoms with E-state index in [1.165, 1.54) is 18.2 Å². The van der Waals surface area contributed by atoms with Gasteiger partial charge in [-0.05, 0) is 24.6 Å². The molecule has 1 heterocycles. The van der Waals surface area contributed by atoms with Gasteiger partial charge < -0.3 is 14.6 Å². The summed E-state index contributed by atoms with van der Waals surface area (Å²) in [6, 6.07) is 3.00. The van der Waals surface area contributed by atoms with Gasteiger partial charge >= 0.3 is 0 Å². The van der Waals surface area contributed by atoms with Crippen LogP contribution >= 0.6 is 0 Å². The number of nitrogens with zero attached hydrogens (tertiary/aromatic N) is 1. The number of halogens is 1. The normalized spacial score (nSPS) is 12.9. The van der Waals surface area contributed by atoms with Crippen LogP contribution in [0, 0.1) is 0 Å². The fourth-order valence-electron chi connectivity index (χ4n) is 1.93. The summed E-state index contributed by atoms with van der Waals surface area (Å²) in [5.74, 6) is 0.357. The van der Waals surface area contributed by atoms with Crippen molar-refractivity contribution in [2.45, 2.75) is 6.92 Å². The molecule has 1 aromatic carbocycles. The van der Waals surface area contributed by atoms with Gasteiger partial charge in [-0.15, -0.1) is 0 Å². The third-order valence-corrected chi connectivity index (χ3v) is 3.02. The summed E-state index contributed by atoms with van der Waals surface area (Å²) in [5.41, 5.74) is 2.39. The van der Waals surface area contributed by atoms with Gasteiger partial charge in [0.2, 0.25) is 5.89 Å². The van der Waals surface area contributed by atoms with Crippen molar-refractivity contribution in [3.05, 3.63) is 47.9 Å². The summed E-state index contributed by atoms with van der Waals surface area (Å²) in [6.07, 6.45) is 4.77. The number of phenols is 1. The zero-order valence-electron chi connectivity index (χ0n) is 11.6. The van der Waals surface area contributed by atoms with E-state index >= 15 is 0 Å². The van der Waals surface area contributed by atoms with E-state index in [-0.39, 0.29) is 17.9 Å². The van der Waals surface area contributed by atoms with E-state index in [2.05, 4.69) is 11.6 Å². The van der Waals surface area contributed by atoms with Crippen molar-refractivity contribution in [3.8, 4) is 5.75 Å². The Hall–Kier alpha value is -2.40. The van der Waals surface area contributed by atoms with E-state index in [0.29, 0.717) is 28.1 Å². The van der Waals surface area contributed by atoms with Crippen LogP contribution in [0.4, 0.5) is 4.39 Å². The fourth-order valence-corrected chi connectivity index (χ4v) is 1.93. The van der Waals surface area contributed by atoms with Crippen molar-refractivity contribution in [3.63, 3.8) is 0 Å². The molecule has 0 atom stereocenters. The lowest BCUT2D eigenvalue weighted by molar-refractivity contribution is 0.318. The molecule has 0 aliphatic carbocycles. The largest absolute Gasteiger partial charge is 0.508 e. The molecule has 0 amide bonds. The van der Waals surface area contributed by atoms with Crippen LogP contribution < -0.4 is 0 Å². The summed E-state index contributed by atoms with van der Waals surface area (Å²) in [4.78, 5) is 4.28. The maximum Gasteiger partial charge on any atom is 0.227 e. The molecule has 2 N–H and O–H groups in total. The maximum atomic E-state index is 12.7. The summed E-state index contributed by atoms with van der Waals surface area (Å²) in [5, 5.41) is 18.7. The molecule has 0 saturated heterocycles. The van der Waals surface area contributed by atoms with Crippen molar-refractivity contribution in [1.82, 2.24) is 4.98 Å². The lowest BCUT2D eigenvalue weighted by Crippen LogP contribution is -1.93. The van der Waals surface area contributed by atoms with Crippen molar-refractivity contribution in [1.29, 1.82) is 0 Å². The smallest absolute Gasteiger partial charge is 0.227 e. The van der Waals surface area contributed by atoms with Gasteiger partial charge in [0.15, 0.2) is 5.58 Å². The fraction of sp³-hybridized carbons (Fsp3) is 0.188. The molecular weight excluding hydrogens is 273 g/mol. The first-order valence-electron chi connectivity index (χ1n) is 6.41. The Morgan fingerprint density at radius 1 is 1.48 bits per heavy atom. The number of phenolic OH excluding ortho intramolecular Hbond substituents is 1. The summed E-state index contributed by atoms with van der Waals surface area (Å²) < 4.78 is 18.4. The van der Waals surface area contributed by atoms with E-state index in [1.54, 1.807) is 19.1 Å². The third-order valence-electron chi connectivity index (χ3n) is 3.02. The van der Waals surface area contributed by atoms with Crippen LogP contribution in [0.25, 0.3) is 22.7 Å². The number of alkyl halides is 1. The lowest BCUT2D eigenvalue weighted by atomic mass is 10.1. The van der Waals surface area contributed by atoms with E-state index in [1.807, 2.05) is 0 Å². The summed E-state index contributed by atoms with van der Waals surface area (Å²) in [6.45, 7) is 4.32. The molecule has 0 saturated carbocycles. The second kappa shape index (κ2) is 6.37. The number of hydrogen-bond donors (Lipinski definition) is 2. The Morgan fingerprint density at radius 2 is 2.24 bits per heavy atom. The predicted octanol–water partition coefficient (Wildman–Crippen LogP) is 3.47. The average Bonchev–Trinajstić information content (AvgIpc) is 2.91. The predicted molar refractivity (Wildman–Crippen MR) is 80.6 cm³/mol. The van der Waals surface area contributed by atoms with Gasteiger partial charge in [0, 0.05) is 17.2 Å². The standard InChI is InChI=1S/C16H16FNO3/c1-3-11-6-13(20)7-14-15(11)21-16(18-14)12(4-2)5-10(8-17)9-19/h3-7,19-20H,1,8-9H2,2H3/b10-5-,12-4+. The summed E-state index contributed by atoms with van der Waals surface area (Å²) in [7, 11) is 0. The molecule has 0 aliphatic heterocycles. The van der Waals surface area contributed by atoms with Crippen LogP contribution in [-0.4, -0.2) is 28.5 Å². The highest BCUT2D eigenvalue weighted by molar-refractivity contribution is 5.86. The average molecular weight is 289 g/mol. The first-order chi connectivity index (χ1) is 10.1. The van der Waals surface area contributed by atoms with Crippen LogP contribution in [0.1, 0.15) is 18.4 Å². The number of rotatable bonds is 5. The topological polar surface area (TPSA) is 66.5 Å². The van der Waals surface area contributed by atoms with Gasteiger partial charge in [0.05, 0.1) is 6.61 Å². The number of oxazole rings is 1. The number of aromatic hydroxyl groups is 1. The molecule has 0 unspecified atom stereocenters. The third kappa shape index (κ3) is 3.03. The van der Waals surface area contributed by atoms with E-state index in [9.17, 15) is 9.50 Å². The number of fused-ring (bicyclic) bond motifs is 1. The number of aromatic nitrogens is 1. The zero-order valence-corrected chi connectivity index (χ0v) is 11.6. The number of aliphatic hydroxyl groups excluding tert-OH is 1. The number of hydrogen-bond acceptors (Lipinski definition) is 4. The number of allylic oxidation sites excluding steroid dienone is 3. The molecule has 2 aromatic rings. The Labute approximate surface area is 121 Å². The zero-order chi connectivity index (χ0) is 15.4. The molecule has 1 aromatic heterocycles. The van der Waals surface area contributed by atoms with E-state index < -0.39 is 6.67 Å². The quantitative estimate of drug-likeness (QED) is 0.827. The van der Waals surface area contributed by atoms with Gasteiger partial charge in [0.1, 0.15) is 17.9 Å². The minimum Gasteiger partial charge on any atom is -0.508 e. The minimum atomic E-state index is -0.743. The number of benzene rings is 1. The Balaban J connectivity index is 2.56. The summed E-state index contributed by atoms with van der Waals surface area (Å²) >= 11 is 0. The highest BCUT2D eigenvalue weighted by Crippen LogP contribution is 2.29. The molecule has 0 bridgehead atoms. The Kier molecular flexibility index (Phi) is 4.55. The first-order valence-corrected chi connectivity index (χ1v) is 6.41. The van der Waals surface area contributed by atoms with Gasteiger partial charge in [-0.3, -0.25) is 0 Å². The van der Waals surface area contributed by atoms with E-state index in [0.717, 1.165) is 0 Å². The number of aliphatic hydroxyl groups is 1. The molecule has 21 heavy (non-hydrogen) atoms. The Morgan fingerprint density at radius 3 is 2.81 bits per heavy atom. The highest BCUT2D eigenvalue weighted by atomic mass is 19.1. The van der Waals surface area contributed by atoms with Gasteiger partial charge in [-0.2, -0.15) is 0 Å². The molecule has 5 heteroatoms. The molecule has 0 fully saturated rings. The SMILES string of the molecule is C=Cc1cc(O)cc2nc(C(/C=C(\CO)CF)=C/C)oc12. The van der Waals surface area contributed by atoms with Crippen LogP contribution in [0.15, 0.2) is 40.9 Å². The molecule has 0 spiro atoms. The van der Waals surface area contributed by atoms with Crippen molar-refractivity contribution in [2.24, 2.45) is 0 Å². The second-order valence-electron chi connectivity index (χ2n) is 4.44. The van der Waals surface area contributed by atoms with Crippen molar-refractivity contribution < 1.29 is 19.0 Å². The van der Waals surface area contributed by atoms with Crippen molar-refractivity contribution in [2.75, 3.05) is 13.3 Å². The molecule has 0 aliphatic rings. The van der Waals surface area contributed by atoms with Crippen molar-refractivity contribution >= 4 is 22.7 Å². The van der Waals surface area contributed by atoms with Gasteiger partial charge in [-0.1, -0.05) is 18.7 Å². The second-order valence-corrected chi connectivity index (χ2v) is 4.44. The monoisotopic (exact) mass is 289 g/mol. The van der Waals surface area contributed by atoms with E-state index in [4.69, 9.17) is 9.52 Å². The molecule has 0 radical (unpaired) electrons. The van der Waals surface area contributed by atoms with Crippen LogP contribution in [0.2, 0.25) is 0 Å². The molecule has 110 valence electrons. The maximum absolute atomic E-state index is 12.7. The minimum absolute atomic E-state index is 0.0645.